The highest BCUT2D eigenvalue weighted by Crippen LogP contribution is 2.18. The third-order valence-electron chi connectivity index (χ3n) is 4.07. The maximum atomic E-state index is 12.4. The van der Waals surface area contributed by atoms with E-state index in [0.29, 0.717) is 11.6 Å². The van der Waals surface area contributed by atoms with Gasteiger partial charge in [-0.15, -0.1) is 0 Å². The Balaban J connectivity index is 1.71. The van der Waals surface area contributed by atoms with Gasteiger partial charge < -0.3 is 5.32 Å². The summed E-state index contributed by atoms with van der Waals surface area (Å²) in [5.74, 6) is 0.0240. The molecular weight excluding hydrogens is 262 g/mol. The van der Waals surface area contributed by atoms with E-state index in [2.05, 4.69) is 10.4 Å². The fourth-order valence-electron chi connectivity index (χ4n) is 2.90. The SMILES string of the molecule is O=C(NC1CCCCCC1)c1cccc(-n2cccn2)c1. The van der Waals surface area contributed by atoms with Gasteiger partial charge in [0, 0.05) is 24.0 Å². The minimum Gasteiger partial charge on any atom is -0.349 e. The van der Waals surface area contributed by atoms with E-state index in [1.54, 1.807) is 10.9 Å². The predicted octanol–water partition coefficient (Wildman–Crippen LogP) is 3.32. The summed E-state index contributed by atoms with van der Waals surface area (Å²) in [4.78, 5) is 12.4. The fourth-order valence-corrected chi connectivity index (χ4v) is 2.90. The second-order valence-electron chi connectivity index (χ2n) is 5.66. The number of hydrogen-bond acceptors (Lipinski definition) is 2. The molecule has 0 spiro atoms. The lowest BCUT2D eigenvalue weighted by Crippen LogP contribution is -2.34. The number of nitrogens with zero attached hydrogens (tertiary/aromatic N) is 2. The maximum absolute atomic E-state index is 12.4. The van der Waals surface area contributed by atoms with Gasteiger partial charge >= 0.3 is 0 Å². The van der Waals surface area contributed by atoms with Crippen LogP contribution in [-0.2, 0) is 0 Å². The molecule has 3 rings (SSSR count). The molecule has 0 radical (unpaired) electrons. The average molecular weight is 283 g/mol. The molecule has 0 aliphatic heterocycles. The first-order valence-electron chi connectivity index (χ1n) is 7.74. The Labute approximate surface area is 125 Å². The van der Waals surface area contributed by atoms with Crippen molar-refractivity contribution in [2.75, 3.05) is 0 Å². The smallest absolute Gasteiger partial charge is 0.251 e. The third-order valence-corrected chi connectivity index (χ3v) is 4.07. The molecule has 2 aromatic rings. The predicted molar refractivity (Wildman–Crippen MR) is 82.5 cm³/mol. The summed E-state index contributed by atoms with van der Waals surface area (Å²) in [6.45, 7) is 0. The number of carbonyl (C=O) groups is 1. The Morgan fingerprint density at radius 3 is 2.67 bits per heavy atom. The van der Waals surface area contributed by atoms with Crippen LogP contribution in [0.2, 0.25) is 0 Å². The van der Waals surface area contributed by atoms with Gasteiger partial charge in [-0.3, -0.25) is 4.79 Å². The van der Waals surface area contributed by atoms with Gasteiger partial charge in [0.25, 0.3) is 5.91 Å². The van der Waals surface area contributed by atoms with Crippen LogP contribution in [0.1, 0.15) is 48.9 Å². The Kier molecular flexibility index (Phi) is 4.34. The first-order chi connectivity index (χ1) is 10.3. The Hall–Kier alpha value is -2.10. The van der Waals surface area contributed by atoms with Crippen molar-refractivity contribution in [3.63, 3.8) is 0 Å². The van der Waals surface area contributed by atoms with E-state index in [-0.39, 0.29) is 5.91 Å². The zero-order valence-electron chi connectivity index (χ0n) is 12.2. The van der Waals surface area contributed by atoms with Crippen LogP contribution in [0.4, 0.5) is 0 Å². The van der Waals surface area contributed by atoms with Crippen LogP contribution in [-0.4, -0.2) is 21.7 Å². The lowest BCUT2D eigenvalue weighted by atomic mass is 10.1. The maximum Gasteiger partial charge on any atom is 0.251 e. The van der Waals surface area contributed by atoms with E-state index in [4.69, 9.17) is 0 Å². The largest absolute Gasteiger partial charge is 0.349 e. The van der Waals surface area contributed by atoms with E-state index in [9.17, 15) is 4.79 Å². The van der Waals surface area contributed by atoms with E-state index in [1.165, 1.54) is 25.7 Å². The number of rotatable bonds is 3. The van der Waals surface area contributed by atoms with Crippen molar-refractivity contribution >= 4 is 5.91 Å². The molecule has 1 aromatic heterocycles. The molecule has 0 unspecified atom stereocenters. The Morgan fingerprint density at radius 1 is 1.14 bits per heavy atom. The summed E-state index contributed by atoms with van der Waals surface area (Å²) >= 11 is 0. The number of carbonyl (C=O) groups excluding carboxylic acids is 1. The summed E-state index contributed by atoms with van der Waals surface area (Å²) < 4.78 is 1.77. The minimum absolute atomic E-state index is 0.0240. The summed E-state index contributed by atoms with van der Waals surface area (Å²) in [5, 5.41) is 7.38. The minimum atomic E-state index is 0.0240. The third kappa shape index (κ3) is 3.51. The molecule has 1 aromatic carbocycles. The highest BCUT2D eigenvalue weighted by atomic mass is 16.1. The first-order valence-corrected chi connectivity index (χ1v) is 7.74. The van der Waals surface area contributed by atoms with Crippen LogP contribution in [0.25, 0.3) is 5.69 Å². The molecule has 4 heteroatoms. The standard InChI is InChI=1S/C17H21N3O/c21-17(19-15-8-3-1-2-4-9-15)14-7-5-10-16(13-14)20-12-6-11-18-20/h5-7,10-13,15H,1-4,8-9H2,(H,19,21). The summed E-state index contributed by atoms with van der Waals surface area (Å²) in [7, 11) is 0. The molecule has 1 N–H and O–H groups in total. The van der Waals surface area contributed by atoms with Gasteiger partial charge in [0.05, 0.1) is 5.69 Å². The monoisotopic (exact) mass is 283 g/mol. The number of aromatic nitrogens is 2. The van der Waals surface area contributed by atoms with Gasteiger partial charge in [0.2, 0.25) is 0 Å². The molecule has 1 aliphatic rings. The Bertz CT molecular complexity index is 584. The lowest BCUT2D eigenvalue weighted by molar-refractivity contribution is 0.0933. The average Bonchev–Trinajstić information content (AvgIpc) is 2.93. The summed E-state index contributed by atoms with van der Waals surface area (Å²) in [6.07, 6.45) is 10.8. The second kappa shape index (κ2) is 6.57. The van der Waals surface area contributed by atoms with Crippen LogP contribution in [0.3, 0.4) is 0 Å². The molecule has 21 heavy (non-hydrogen) atoms. The number of amides is 1. The topological polar surface area (TPSA) is 46.9 Å². The van der Waals surface area contributed by atoms with Gasteiger partial charge in [-0.05, 0) is 37.1 Å². The van der Waals surface area contributed by atoms with Gasteiger partial charge in [-0.25, -0.2) is 4.68 Å². The molecule has 1 amide bonds. The molecule has 4 nitrogen and oxygen atoms in total. The highest BCUT2D eigenvalue weighted by molar-refractivity contribution is 5.94. The van der Waals surface area contributed by atoms with Crippen LogP contribution in [0.5, 0.6) is 0 Å². The van der Waals surface area contributed by atoms with Crippen molar-refractivity contribution in [1.82, 2.24) is 15.1 Å². The van der Waals surface area contributed by atoms with Crippen LogP contribution in [0, 0.1) is 0 Å². The number of nitrogens with one attached hydrogen (secondary N) is 1. The number of benzene rings is 1. The van der Waals surface area contributed by atoms with E-state index < -0.39 is 0 Å². The summed E-state index contributed by atoms with van der Waals surface area (Å²) in [5.41, 5.74) is 1.61. The molecule has 0 saturated heterocycles. The Morgan fingerprint density at radius 2 is 1.95 bits per heavy atom. The zero-order valence-corrected chi connectivity index (χ0v) is 12.2. The molecule has 1 fully saturated rings. The van der Waals surface area contributed by atoms with Gasteiger partial charge in [-0.2, -0.15) is 5.10 Å². The lowest BCUT2D eigenvalue weighted by Gasteiger charge is -2.16. The van der Waals surface area contributed by atoms with Crippen LogP contribution < -0.4 is 5.32 Å². The van der Waals surface area contributed by atoms with Crippen molar-refractivity contribution in [2.45, 2.75) is 44.6 Å². The van der Waals surface area contributed by atoms with Crippen molar-refractivity contribution in [2.24, 2.45) is 0 Å². The molecule has 1 saturated carbocycles. The van der Waals surface area contributed by atoms with Gasteiger partial charge in [0.1, 0.15) is 0 Å². The van der Waals surface area contributed by atoms with Gasteiger partial charge in [0.15, 0.2) is 0 Å². The highest BCUT2D eigenvalue weighted by Gasteiger charge is 2.16. The van der Waals surface area contributed by atoms with Crippen molar-refractivity contribution in [1.29, 1.82) is 0 Å². The van der Waals surface area contributed by atoms with E-state index in [1.807, 2.05) is 36.5 Å². The van der Waals surface area contributed by atoms with E-state index in [0.717, 1.165) is 18.5 Å². The normalized spacial score (nSPS) is 16.4. The molecule has 0 atom stereocenters. The van der Waals surface area contributed by atoms with Crippen molar-refractivity contribution in [3.8, 4) is 5.69 Å². The first kappa shape index (κ1) is 13.9. The van der Waals surface area contributed by atoms with E-state index >= 15 is 0 Å². The molecule has 1 aliphatic carbocycles. The quantitative estimate of drug-likeness (QED) is 0.878. The fraction of sp³-hybridized carbons (Fsp3) is 0.412. The zero-order chi connectivity index (χ0) is 14.5. The van der Waals surface area contributed by atoms with Crippen molar-refractivity contribution in [3.05, 3.63) is 48.3 Å². The summed E-state index contributed by atoms with van der Waals surface area (Å²) in [6, 6.07) is 9.80. The van der Waals surface area contributed by atoms with Crippen LogP contribution >= 0.6 is 0 Å². The number of hydrogen-bond donors (Lipinski definition) is 1. The second-order valence-corrected chi connectivity index (χ2v) is 5.66. The molecule has 1 heterocycles. The van der Waals surface area contributed by atoms with Gasteiger partial charge in [-0.1, -0.05) is 31.7 Å². The molecule has 0 bridgehead atoms. The molecule has 110 valence electrons. The van der Waals surface area contributed by atoms with Crippen molar-refractivity contribution < 1.29 is 4.79 Å². The molecular formula is C17H21N3O. The van der Waals surface area contributed by atoms with Crippen LogP contribution in [0.15, 0.2) is 42.7 Å².